The number of H-pyrrole nitrogens is 1. The maximum atomic E-state index is 13.2. The summed E-state index contributed by atoms with van der Waals surface area (Å²) in [6.07, 6.45) is 9.13. The average Bonchev–Trinajstić information content (AvgIpc) is 3.32. The molecule has 140 valence electrons. The molecule has 5 heteroatoms. The zero-order chi connectivity index (χ0) is 18.6. The molecule has 3 aromatic rings. The number of fused-ring (bicyclic) bond motifs is 1. The van der Waals surface area contributed by atoms with Crippen molar-refractivity contribution in [3.05, 3.63) is 66.1 Å². The summed E-state index contributed by atoms with van der Waals surface area (Å²) in [4.78, 5) is 22.7. The fourth-order valence-corrected chi connectivity index (χ4v) is 4.07. The molecule has 2 aromatic heterocycles. The zero-order valence-corrected chi connectivity index (χ0v) is 15.5. The Labute approximate surface area is 159 Å². The summed E-state index contributed by atoms with van der Waals surface area (Å²) in [5, 5.41) is 1.23. The number of para-hydroxylation sites is 1. The first-order valence-corrected chi connectivity index (χ1v) is 9.69. The van der Waals surface area contributed by atoms with Crippen LogP contribution in [0.25, 0.3) is 10.9 Å². The third-order valence-corrected chi connectivity index (χ3v) is 5.56. The van der Waals surface area contributed by atoms with E-state index in [4.69, 9.17) is 5.73 Å². The number of nitrogens with one attached hydrogen (secondary N) is 1. The number of hydrogen-bond acceptors (Lipinski definition) is 3. The number of amides is 1. The third kappa shape index (κ3) is 4.03. The van der Waals surface area contributed by atoms with E-state index in [0.29, 0.717) is 13.1 Å². The molecule has 1 aliphatic carbocycles. The van der Waals surface area contributed by atoms with Crippen molar-refractivity contribution in [2.45, 2.75) is 38.3 Å². The predicted octanol–water partition coefficient (Wildman–Crippen LogP) is 3.26. The molecule has 5 nitrogen and oxygen atoms in total. The van der Waals surface area contributed by atoms with Gasteiger partial charge in [-0.3, -0.25) is 9.78 Å². The molecule has 0 aliphatic heterocycles. The highest BCUT2D eigenvalue weighted by molar-refractivity contribution is 5.83. The number of carbonyl (C=O) groups excluding carboxylic acids is 1. The number of carbonyl (C=O) groups is 1. The highest BCUT2D eigenvalue weighted by atomic mass is 16.2. The van der Waals surface area contributed by atoms with Gasteiger partial charge in [0.25, 0.3) is 0 Å². The standard InChI is InChI=1S/C22H26N4O/c23-19-8-7-17(12-19)22(27)26(15-16-4-3-10-24-13-16)11-9-18-14-25-21-6-2-1-5-20(18)21/h1-6,10,13-14,17,19,25H,7-9,11-12,15,23H2/t17-,19+/m1/s1. The highest BCUT2D eigenvalue weighted by Gasteiger charge is 2.31. The first-order chi connectivity index (χ1) is 13.2. The van der Waals surface area contributed by atoms with Crippen LogP contribution in [-0.2, 0) is 17.8 Å². The van der Waals surface area contributed by atoms with Crippen LogP contribution in [0.5, 0.6) is 0 Å². The summed E-state index contributed by atoms with van der Waals surface area (Å²) in [5.74, 6) is 0.284. The number of hydrogen-bond donors (Lipinski definition) is 2. The topological polar surface area (TPSA) is 75.0 Å². The highest BCUT2D eigenvalue weighted by Crippen LogP contribution is 2.27. The van der Waals surface area contributed by atoms with Gasteiger partial charge in [0.15, 0.2) is 0 Å². The van der Waals surface area contributed by atoms with Gasteiger partial charge < -0.3 is 15.6 Å². The summed E-state index contributed by atoms with van der Waals surface area (Å²) in [6.45, 7) is 1.29. The zero-order valence-electron chi connectivity index (χ0n) is 15.5. The summed E-state index contributed by atoms with van der Waals surface area (Å²) in [7, 11) is 0. The molecule has 0 unspecified atom stereocenters. The molecule has 2 atom stereocenters. The molecule has 0 radical (unpaired) electrons. The van der Waals surface area contributed by atoms with E-state index < -0.39 is 0 Å². The van der Waals surface area contributed by atoms with Crippen LogP contribution in [-0.4, -0.2) is 33.4 Å². The van der Waals surface area contributed by atoms with Gasteiger partial charge in [-0.2, -0.15) is 0 Å². The largest absolute Gasteiger partial charge is 0.361 e. The molecule has 1 saturated carbocycles. The second-order valence-electron chi connectivity index (χ2n) is 7.50. The Kier molecular flexibility index (Phi) is 5.21. The summed E-state index contributed by atoms with van der Waals surface area (Å²) >= 11 is 0. The number of nitrogens with two attached hydrogens (primary N) is 1. The number of aromatic nitrogens is 2. The maximum Gasteiger partial charge on any atom is 0.226 e. The lowest BCUT2D eigenvalue weighted by atomic mass is 10.0. The molecule has 2 heterocycles. The maximum absolute atomic E-state index is 13.2. The van der Waals surface area contributed by atoms with Gasteiger partial charge in [0.1, 0.15) is 0 Å². The molecule has 0 saturated heterocycles. The summed E-state index contributed by atoms with van der Waals surface area (Å²) in [6, 6.07) is 12.4. The minimum Gasteiger partial charge on any atom is -0.361 e. The normalized spacial score (nSPS) is 19.4. The first kappa shape index (κ1) is 17.7. The van der Waals surface area contributed by atoms with Crippen molar-refractivity contribution < 1.29 is 4.79 Å². The Hall–Kier alpha value is -2.66. The van der Waals surface area contributed by atoms with Crippen LogP contribution < -0.4 is 5.73 Å². The number of aromatic amines is 1. The molecule has 27 heavy (non-hydrogen) atoms. The van der Waals surface area contributed by atoms with E-state index in [1.165, 1.54) is 10.9 Å². The smallest absolute Gasteiger partial charge is 0.226 e. The Morgan fingerprint density at radius 1 is 1.22 bits per heavy atom. The number of pyridine rings is 1. The lowest BCUT2D eigenvalue weighted by Gasteiger charge is -2.26. The molecular weight excluding hydrogens is 336 g/mol. The molecule has 1 amide bonds. The van der Waals surface area contributed by atoms with Gasteiger partial charge in [-0.05, 0) is 48.9 Å². The van der Waals surface area contributed by atoms with Crippen LogP contribution in [0.3, 0.4) is 0 Å². The van der Waals surface area contributed by atoms with Crippen LogP contribution in [0.15, 0.2) is 55.0 Å². The van der Waals surface area contributed by atoms with Crippen LogP contribution >= 0.6 is 0 Å². The SMILES string of the molecule is N[C@H]1CC[C@@H](C(=O)N(CCc2c[nH]c3ccccc23)Cc2cccnc2)C1. The van der Waals surface area contributed by atoms with E-state index in [-0.39, 0.29) is 17.9 Å². The van der Waals surface area contributed by atoms with Crippen LogP contribution in [0, 0.1) is 5.92 Å². The van der Waals surface area contributed by atoms with E-state index in [0.717, 1.165) is 36.8 Å². The van der Waals surface area contributed by atoms with Crippen molar-refractivity contribution >= 4 is 16.8 Å². The Balaban J connectivity index is 1.51. The van der Waals surface area contributed by atoms with Crippen LogP contribution in [0.4, 0.5) is 0 Å². The van der Waals surface area contributed by atoms with Gasteiger partial charge in [0, 0.05) is 54.5 Å². The first-order valence-electron chi connectivity index (χ1n) is 9.69. The summed E-state index contributed by atoms with van der Waals surface area (Å²) < 4.78 is 0. The Bertz CT molecular complexity index is 905. The monoisotopic (exact) mass is 362 g/mol. The van der Waals surface area contributed by atoms with E-state index in [2.05, 4.69) is 34.4 Å². The number of nitrogens with zero attached hydrogens (tertiary/aromatic N) is 2. The lowest BCUT2D eigenvalue weighted by Crippen LogP contribution is -2.37. The minimum absolute atomic E-state index is 0.0552. The lowest BCUT2D eigenvalue weighted by molar-refractivity contribution is -0.136. The van der Waals surface area contributed by atoms with Crippen molar-refractivity contribution in [3.8, 4) is 0 Å². The van der Waals surface area contributed by atoms with Crippen LogP contribution in [0.1, 0.15) is 30.4 Å². The van der Waals surface area contributed by atoms with Gasteiger partial charge in [0.2, 0.25) is 5.91 Å². The van der Waals surface area contributed by atoms with Gasteiger partial charge in [-0.25, -0.2) is 0 Å². The fourth-order valence-electron chi connectivity index (χ4n) is 4.07. The van der Waals surface area contributed by atoms with Crippen molar-refractivity contribution in [3.63, 3.8) is 0 Å². The molecular formula is C22H26N4O. The van der Waals surface area contributed by atoms with Crippen LogP contribution in [0.2, 0.25) is 0 Å². The van der Waals surface area contributed by atoms with Crippen molar-refractivity contribution in [1.82, 2.24) is 14.9 Å². The molecule has 1 fully saturated rings. The second-order valence-corrected chi connectivity index (χ2v) is 7.50. The van der Waals surface area contributed by atoms with E-state index in [1.807, 2.05) is 29.3 Å². The third-order valence-electron chi connectivity index (χ3n) is 5.56. The van der Waals surface area contributed by atoms with Gasteiger partial charge >= 0.3 is 0 Å². The van der Waals surface area contributed by atoms with Crippen molar-refractivity contribution in [2.24, 2.45) is 11.7 Å². The fraction of sp³-hybridized carbons (Fsp3) is 0.364. The van der Waals surface area contributed by atoms with Crippen molar-refractivity contribution in [2.75, 3.05) is 6.54 Å². The van der Waals surface area contributed by atoms with Gasteiger partial charge in [-0.15, -0.1) is 0 Å². The van der Waals surface area contributed by atoms with Crippen molar-refractivity contribution in [1.29, 1.82) is 0 Å². The van der Waals surface area contributed by atoms with E-state index >= 15 is 0 Å². The minimum atomic E-state index is 0.0552. The van der Waals surface area contributed by atoms with Gasteiger partial charge in [-0.1, -0.05) is 24.3 Å². The Morgan fingerprint density at radius 3 is 2.89 bits per heavy atom. The molecule has 0 bridgehead atoms. The summed E-state index contributed by atoms with van der Waals surface area (Å²) in [5.41, 5.74) is 9.49. The molecule has 0 spiro atoms. The number of rotatable bonds is 6. The molecule has 1 aromatic carbocycles. The average molecular weight is 362 g/mol. The molecule has 1 aliphatic rings. The predicted molar refractivity (Wildman–Crippen MR) is 107 cm³/mol. The second kappa shape index (κ2) is 7.92. The molecule has 3 N–H and O–H groups in total. The van der Waals surface area contributed by atoms with Gasteiger partial charge in [0.05, 0.1) is 0 Å². The van der Waals surface area contributed by atoms with E-state index in [9.17, 15) is 4.79 Å². The Morgan fingerprint density at radius 2 is 2.11 bits per heavy atom. The van der Waals surface area contributed by atoms with E-state index in [1.54, 1.807) is 6.20 Å². The molecule has 4 rings (SSSR count). The number of benzene rings is 1. The quantitative estimate of drug-likeness (QED) is 0.707.